The zero-order chi connectivity index (χ0) is 17.6. The van der Waals surface area contributed by atoms with E-state index < -0.39 is 17.8 Å². The summed E-state index contributed by atoms with van der Waals surface area (Å²) in [5.74, 6) is -0.235. The van der Waals surface area contributed by atoms with E-state index in [1.54, 1.807) is 6.07 Å². The maximum Gasteiger partial charge on any atom is 0.416 e. The Morgan fingerprint density at radius 1 is 1.38 bits per heavy atom. The number of alkyl halides is 3. The van der Waals surface area contributed by atoms with Crippen molar-refractivity contribution in [2.24, 2.45) is 0 Å². The third-order valence-corrected chi connectivity index (χ3v) is 3.56. The summed E-state index contributed by atoms with van der Waals surface area (Å²) in [7, 11) is 0. The number of nitrogens with one attached hydrogen (secondary N) is 1. The molecule has 1 heterocycles. The monoisotopic (exact) mass is 340 g/mol. The molecule has 0 aliphatic rings. The third-order valence-electron chi connectivity index (χ3n) is 3.56. The molecule has 0 radical (unpaired) electrons. The van der Waals surface area contributed by atoms with Crippen LogP contribution in [0.2, 0.25) is 0 Å². The number of carbonyl (C=O) groups is 1. The largest absolute Gasteiger partial charge is 0.416 e. The predicted octanol–water partition coefficient (Wildman–Crippen LogP) is 3.34. The van der Waals surface area contributed by atoms with Gasteiger partial charge in [0, 0.05) is 6.42 Å². The van der Waals surface area contributed by atoms with Gasteiger partial charge in [-0.25, -0.2) is 4.98 Å². The molecule has 5 nitrogen and oxygen atoms in total. The SMILES string of the molecule is CCC[C@H](NC(=O)CCn1cncn1)c1cccc(C(F)(F)F)c1. The van der Waals surface area contributed by atoms with Crippen molar-refractivity contribution in [3.8, 4) is 0 Å². The first-order chi connectivity index (χ1) is 11.4. The molecule has 0 aliphatic carbocycles. The van der Waals surface area contributed by atoms with Crippen molar-refractivity contribution in [2.75, 3.05) is 0 Å². The fraction of sp³-hybridized carbons (Fsp3) is 0.438. The maximum atomic E-state index is 12.9. The molecule has 2 rings (SSSR count). The highest BCUT2D eigenvalue weighted by Gasteiger charge is 2.31. The van der Waals surface area contributed by atoms with Crippen molar-refractivity contribution >= 4 is 5.91 Å². The van der Waals surface area contributed by atoms with Crippen molar-refractivity contribution in [3.63, 3.8) is 0 Å². The van der Waals surface area contributed by atoms with Crippen LogP contribution in [0, 0.1) is 0 Å². The van der Waals surface area contributed by atoms with Crippen LogP contribution >= 0.6 is 0 Å². The standard InChI is InChI=1S/C16H19F3N4O/c1-2-4-14(12-5-3-6-13(9-12)16(17,18)19)22-15(24)7-8-23-11-20-10-21-23/h3,5-6,9-11,14H,2,4,7-8H2,1H3,(H,22,24)/t14-/m0/s1. The fourth-order valence-electron chi connectivity index (χ4n) is 2.37. The Bertz CT molecular complexity index is 656. The highest BCUT2D eigenvalue weighted by atomic mass is 19.4. The highest BCUT2D eigenvalue weighted by Crippen LogP contribution is 2.31. The van der Waals surface area contributed by atoms with Gasteiger partial charge in [-0.3, -0.25) is 9.48 Å². The first-order valence-electron chi connectivity index (χ1n) is 7.69. The predicted molar refractivity (Wildman–Crippen MR) is 81.9 cm³/mol. The smallest absolute Gasteiger partial charge is 0.349 e. The van der Waals surface area contributed by atoms with Gasteiger partial charge in [-0.15, -0.1) is 0 Å². The number of amides is 1. The van der Waals surface area contributed by atoms with Gasteiger partial charge in [0.2, 0.25) is 5.91 Å². The number of aryl methyl sites for hydroxylation is 1. The number of benzene rings is 1. The zero-order valence-electron chi connectivity index (χ0n) is 13.3. The van der Waals surface area contributed by atoms with Crippen LogP contribution in [0.4, 0.5) is 13.2 Å². The van der Waals surface area contributed by atoms with Crippen LogP contribution in [0.5, 0.6) is 0 Å². The minimum Gasteiger partial charge on any atom is -0.349 e. The summed E-state index contributed by atoms with van der Waals surface area (Å²) in [6, 6.07) is 4.65. The van der Waals surface area contributed by atoms with E-state index >= 15 is 0 Å². The normalized spacial score (nSPS) is 12.8. The molecule has 130 valence electrons. The van der Waals surface area contributed by atoms with Gasteiger partial charge in [0.15, 0.2) is 0 Å². The summed E-state index contributed by atoms with van der Waals surface area (Å²) < 4.78 is 40.1. The van der Waals surface area contributed by atoms with Crippen LogP contribution in [-0.2, 0) is 17.5 Å². The topological polar surface area (TPSA) is 59.8 Å². The van der Waals surface area contributed by atoms with Gasteiger partial charge in [0.05, 0.1) is 18.2 Å². The number of aromatic nitrogens is 3. The molecule has 1 aromatic heterocycles. The van der Waals surface area contributed by atoms with Gasteiger partial charge in [0.25, 0.3) is 0 Å². The quantitative estimate of drug-likeness (QED) is 0.841. The van der Waals surface area contributed by atoms with Crippen LogP contribution in [0.15, 0.2) is 36.9 Å². The fourth-order valence-corrected chi connectivity index (χ4v) is 2.37. The number of hydrogen-bond acceptors (Lipinski definition) is 3. The van der Waals surface area contributed by atoms with E-state index in [1.165, 1.54) is 23.4 Å². The van der Waals surface area contributed by atoms with Crippen LogP contribution in [0.25, 0.3) is 0 Å². The number of carbonyl (C=O) groups excluding carboxylic acids is 1. The summed E-state index contributed by atoms with van der Waals surface area (Å²) >= 11 is 0. The maximum absolute atomic E-state index is 12.9. The van der Waals surface area contributed by atoms with Gasteiger partial charge < -0.3 is 5.32 Å². The van der Waals surface area contributed by atoms with Crippen LogP contribution in [0.1, 0.15) is 43.4 Å². The van der Waals surface area contributed by atoms with Crippen LogP contribution in [-0.4, -0.2) is 20.7 Å². The first-order valence-corrected chi connectivity index (χ1v) is 7.69. The number of hydrogen-bond donors (Lipinski definition) is 1. The average Bonchev–Trinajstić information content (AvgIpc) is 3.05. The van der Waals surface area contributed by atoms with Crippen LogP contribution in [0.3, 0.4) is 0 Å². The molecule has 0 aliphatic heterocycles. The number of halogens is 3. The van der Waals surface area contributed by atoms with Crippen molar-refractivity contribution in [1.82, 2.24) is 20.1 Å². The molecule has 1 N–H and O–H groups in total. The minimum atomic E-state index is -4.40. The van der Waals surface area contributed by atoms with E-state index in [2.05, 4.69) is 15.4 Å². The summed E-state index contributed by atoms with van der Waals surface area (Å²) in [6.07, 6.45) is -0.0307. The molecule has 1 aromatic carbocycles. The van der Waals surface area contributed by atoms with E-state index in [0.717, 1.165) is 18.6 Å². The lowest BCUT2D eigenvalue weighted by atomic mass is 9.99. The average molecular weight is 340 g/mol. The molecule has 0 unspecified atom stereocenters. The molecule has 1 atom stereocenters. The lowest BCUT2D eigenvalue weighted by molar-refractivity contribution is -0.137. The lowest BCUT2D eigenvalue weighted by Crippen LogP contribution is -2.29. The van der Waals surface area contributed by atoms with Gasteiger partial charge >= 0.3 is 6.18 Å². The Balaban J connectivity index is 2.04. The molecule has 0 fully saturated rings. The van der Waals surface area contributed by atoms with Gasteiger partial charge in [-0.1, -0.05) is 25.5 Å². The highest BCUT2D eigenvalue weighted by molar-refractivity contribution is 5.76. The van der Waals surface area contributed by atoms with E-state index in [4.69, 9.17) is 0 Å². The van der Waals surface area contributed by atoms with Crippen molar-refractivity contribution in [2.45, 2.75) is 44.9 Å². The van der Waals surface area contributed by atoms with E-state index in [1.807, 2.05) is 6.92 Å². The molecule has 1 amide bonds. The molecule has 24 heavy (non-hydrogen) atoms. The molecule has 0 saturated heterocycles. The minimum absolute atomic E-state index is 0.183. The summed E-state index contributed by atoms with van der Waals surface area (Å²) in [5, 5.41) is 6.71. The van der Waals surface area contributed by atoms with E-state index in [9.17, 15) is 18.0 Å². The molecule has 0 bridgehead atoms. The van der Waals surface area contributed by atoms with Gasteiger partial charge in [-0.05, 0) is 24.1 Å². The molecule has 0 spiro atoms. The second-order valence-corrected chi connectivity index (χ2v) is 5.44. The molecular weight excluding hydrogens is 321 g/mol. The molecule has 8 heteroatoms. The third kappa shape index (κ3) is 5.07. The molecule has 0 saturated carbocycles. The number of nitrogens with zero attached hydrogens (tertiary/aromatic N) is 3. The Hall–Kier alpha value is -2.38. The number of rotatable bonds is 7. The van der Waals surface area contributed by atoms with Gasteiger partial charge in [-0.2, -0.15) is 18.3 Å². The van der Waals surface area contributed by atoms with Gasteiger partial charge in [0.1, 0.15) is 12.7 Å². The Kier molecular flexibility index (Phi) is 5.94. The second kappa shape index (κ2) is 7.94. The van der Waals surface area contributed by atoms with Crippen molar-refractivity contribution in [3.05, 3.63) is 48.0 Å². The Labute approximate surface area is 137 Å². The zero-order valence-corrected chi connectivity index (χ0v) is 13.3. The summed E-state index contributed by atoms with van der Waals surface area (Å²) in [6.45, 7) is 2.29. The van der Waals surface area contributed by atoms with Crippen molar-refractivity contribution < 1.29 is 18.0 Å². The Morgan fingerprint density at radius 3 is 2.79 bits per heavy atom. The first kappa shape index (κ1) is 18.0. The second-order valence-electron chi connectivity index (χ2n) is 5.44. The van der Waals surface area contributed by atoms with Crippen molar-refractivity contribution in [1.29, 1.82) is 0 Å². The van der Waals surface area contributed by atoms with E-state index in [0.29, 0.717) is 18.5 Å². The summed E-state index contributed by atoms with van der Waals surface area (Å²) in [4.78, 5) is 15.9. The van der Waals surface area contributed by atoms with E-state index in [-0.39, 0.29) is 12.3 Å². The Morgan fingerprint density at radius 2 is 2.17 bits per heavy atom. The van der Waals surface area contributed by atoms with Crippen LogP contribution < -0.4 is 5.32 Å². The molecular formula is C16H19F3N4O. The molecule has 2 aromatic rings. The lowest BCUT2D eigenvalue weighted by Gasteiger charge is -2.20. The summed E-state index contributed by atoms with van der Waals surface area (Å²) in [5.41, 5.74) is -0.251.